The molecular weight excluding hydrogens is 364 g/mol. The molecular formula is C23H30N4O2. The van der Waals surface area contributed by atoms with Crippen LogP contribution < -0.4 is 11.1 Å². The van der Waals surface area contributed by atoms with Crippen molar-refractivity contribution in [1.29, 1.82) is 0 Å². The lowest BCUT2D eigenvalue weighted by molar-refractivity contribution is -0.118. The number of likely N-dealkylation sites (N-methyl/N-ethyl adjacent to an activating group) is 1. The monoisotopic (exact) mass is 394 g/mol. The molecule has 0 bridgehead atoms. The number of benzene rings is 2. The summed E-state index contributed by atoms with van der Waals surface area (Å²) in [4.78, 5) is 28.9. The van der Waals surface area contributed by atoms with Crippen molar-refractivity contribution >= 4 is 11.9 Å². The largest absolute Gasteiger partial charge is 0.370 e. The minimum absolute atomic E-state index is 0.00695. The van der Waals surface area contributed by atoms with E-state index < -0.39 is 5.54 Å². The van der Waals surface area contributed by atoms with Gasteiger partial charge in [0.2, 0.25) is 5.91 Å². The summed E-state index contributed by atoms with van der Waals surface area (Å²) >= 11 is 0. The Labute approximate surface area is 172 Å². The Hall–Kier alpha value is -2.86. The third-order valence-corrected chi connectivity index (χ3v) is 5.56. The molecule has 0 spiro atoms. The van der Waals surface area contributed by atoms with Gasteiger partial charge < -0.3 is 20.9 Å². The van der Waals surface area contributed by atoms with Crippen molar-refractivity contribution in [2.45, 2.75) is 18.4 Å². The standard InChI is InChI=1S/C23H30N4O2/c1-26(2)14-13-25-22(29)27-17-18(15-21(24)28)16-23(27,19-9-5-3-6-10-19)20-11-7-4-8-12-20/h3-12,18H,13-17H2,1-2H3,(H2,24,28)(H,25,29). The molecule has 1 atom stereocenters. The van der Waals surface area contributed by atoms with Crippen LogP contribution in [0.15, 0.2) is 60.7 Å². The lowest BCUT2D eigenvalue weighted by Crippen LogP contribution is -2.51. The molecule has 1 saturated heterocycles. The van der Waals surface area contributed by atoms with E-state index in [1.165, 1.54) is 0 Å². The lowest BCUT2D eigenvalue weighted by atomic mass is 9.78. The Bertz CT molecular complexity index is 784. The first kappa shape index (κ1) is 20.9. The second kappa shape index (κ2) is 9.09. The number of nitrogens with zero attached hydrogens (tertiary/aromatic N) is 2. The van der Waals surface area contributed by atoms with Crippen LogP contribution in [-0.4, -0.2) is 55.5 Å². The zero-order valence-electron chi connectivity index (χ0n) is 17.2. The van der Waals surface area contributed by atoms with Gasteiger partial charge in [-0.05, 0) is 37.6 Å². The summed E-state index contributed by atoms with van der Waals surface area (Å²) in [5.41, 5.74) is 6.96. The van der Waals surface area contributed by atoms with Gasteiger partial charge in [-0.25, -0.2) is 4.79 Å². The summed E-state index contributed by atoms with van der Waals surface area (Å²) in [5, 5.41) is 3.05. The first-order valence-electron chi connectivity index (χ1n) is 10.0. The molecule has 0 aliphatic carbocycles. The van der Waals surface area contributed by atoms with Crippen molar-refractivity contribution in [2.24, 2.45) is 11.7 Å². The third-order valence-electron chi connectivity index (χ3n) is 5.56. The highest BCUT2D eigenvalue weighted by molar-refractivity contribution is 5.78. The predicted octanol–water partition coefficient (Wildman–Crippen LogP) is 2.40. The number of carbonyl (C=O) groups is 2. The normalized spacial score (nSPS) is 18.0. The van der Waals surface area contributed by atoms with Crippen molar-refractivity contribution in [3.05, 3.63) is 71.8 Å². The lowest BCUT2D eigenvalue weighted by Gasteiger charge is -2.39. The number of nitrogens with one attached hydrogen (secondary N) is 1. The first-order valence-corrected chi connectivity index (χ1v) is 10.0. The molecule has 0 radical (unpaired) electrons. The molecule has 154 valence electrons. The number of nitrogens with two attached hydrogens (primary N) is 1. The van der Waals surface area contributed by atoms with Gasteiger partial charge in [-0.2, -0.15) is 0 Å². The van der Waals surface area contributed by atoms with Gasteiger partial charge in [0.1, 0.15) is 0 Å². The van der Waals surface area contributed by atoms with Crippen LogP contribution in [0.25, 0.3) is 0 Å². The zero-order chi connectivity index (χ0) is 20.9. The fourth-order valence-corrected chi connectivity index (χ4v) is 4.31. The number of hydrogen-bond donors (Lipinski definition) is 2. The minimum atomic E-state index is -0.634. The van der Waals surface area contributed by atoms with E-state index in [0.29, 0.717) is 19.5 Å². The van der Waals surface area contributed by atoms with Gasteiger partial charge in [0.05, 0.1) is 5.54 Å². The minimum Gasteiger partial charge on any atom is -0.370 e. The fraction of sp³-hybridized carbons (Fsp3) is 0.391. The van der Waals surface area contributed by atoms with Gasteiger partial charge in [-0.15, -0.1) is 0 Å². The number of likely N-dealkylation sites (tertiary alicyclic amines) is 1. The zero-order valence-corrected chi connectivity index (χ0v) is 17.2. The molecule has 1 unspecified atom stereocenters. The quantitative estimate of drug-likeness (QED) is 0.757. The number of urea groups is 1. The van der Waals surface area contributed by atoms with Crippen molar-refractivity contribution in [1.82, 2.24) is 15.1 Å². The van der Waals surface area contributed by atoms with Crippen LogP contribution in [-0.2, 0) is 10.3 Å². The van der Waals surface area contributed by atoms with Gasteiger partial charge in [-0.1, -0.05) is 60.7 Å². The summed E-state index contributed by atoms with van der Waals surface area (Å²) in [7, 11) is 3.95. The van der Waals surface area contributed by atoms with E-state index in [2.05, 4.69) is 29.6 Å². The van der Waals surface area contributed by atoms with E-state index >= 15 is 0 Å². The van der Waals surface area contributed by atoms with Crippen LogP contribution in [0.3, 0.4) is 0 Å². The molecule has 6 heteroatoms. The molecule has 0 saturated carbocycles. The maximum atomic E-state index is 13.3. The Morgan fingerprint density at radius 3 is 2.10 bits per heavy atom. The molecule has 1 aliphatic heterocycles. The topological polar surface area (TPSA) is 78.7 Å². The van der Waals surface area contributed by atoms with Gasteiger partial charge in [-0.3, -0.25) is 4.79 Å². The highest BCUT2D eigenvalue weighted by Crippen LogP contribution is 2.47. The van der Waals surface area contributed by atoms with E-state index in [1.54, 1.807) is 0 Å². The SMILES string of the molecule is CN(C)CCNC(=O)N1CC(CC(N)=O)CC1(c1ccccc1)c1ccccc1. The van der Waals surface area contributed by atoms with Crippen LogP contribution in [0.1, 0.15) is 24.0 Å². The highest BCUT2D eigenvalue weighted by atomic mass is 16.2. The second-order valence-corrected chi connectivity index (χ2v) is 7.98. The molecule has 2 aromatic rings. The molecule has 2 aromatic carbocycles. The summed E-state index contributed by atoms with van der Waals surface area (Å²) in [6.45, 7) is 1.80. The number of carbonyl (C=O) groups excluding carboxylic acids is 2. The van der Waals surface area contributed by atoms with Crippen molar-refractivity contribution in [2.75, 3.05) is 33.7 Å². The average Bonchev–Trinajstić information content (AvgIpc) is 3.08. The highest BCUT2D eigenvalue weighted by Gasteiger charge is 2.50. The maximum Gasteiger partial charge on any atom is 0.318 e. The predicted molar refractivity (Wildman–Crippen MR) is 114 cm³/mol. The molecule has 29 heavy (non-hydrogen) atoms. The van der Waals surface area contributed by atoms with E-state index in [4.69, 9.17) is 5.73 Å². The number of rotatable bonds is 7. The summed E-state index contributed by atoms with van der Waals surface area (Å²) in [6, 6.07) is 20.0. The van der Waals surface area contributed by atoms with Crippen LogP contribution in [0.2, 0.25) is 0 Å². The Morgan fingerprint density at radius 2 is 1.62 bits per heavy atom. The summed E-state index contributed by atoms with van der Waals surface area (Å²) < 4.78 is 0. The van der Waals surface area contributed by atoms with Crippen LogP contribution in [0.4, 0.5) is 4.79 Å². The Kier molecular flexibility index (Phi) is 6.54. The number of amides is 3. The van der Waals surface area contributed by atoms with E-state index in [9.17, 15) is 9.59 Å². The van der Waals surface area contributed by atoms with Crippen molar-refractivity contribution < 1.29 is 9.59 Å². The molecule has 1 aliphatic rings. The first-order chi connectivity index (χ1) is 13.9. The molecule has 1 heterocycles. The van der Waals surface area contributed by atoms with Gasteiger partial charge in [0.15, 0.2) is 0 Å². The van der Waals surface area contributed by atoms with Crippen LogP contribution in [0, 0.1) is 5.92 Å². The third kappa shape index (κ3) is 4.59. The molecule has 1 fully saturated rings. The van der Waals surface area contributed by atoms with Crippen LogP contribution >= 0.6 is 0 Å². The van der Waals surface area contributed by atoms with Gasteiger partial charge in [0, 0.05) is 26.1 Å². The van der Waals surface area contributed by atoms with Gasteiger partial charge >= 0.3 is 6.03 Å². The fourth-order valence-electron chi connectivity index (χ4n) is 4.31. The Morgan fingerprint density at radius 1 is 1.07 bits per heavy atom. The molecule has 0 aromatic heterocycles. The summed E-state index contributed by atoms with van der Waals surface area (Å²) in [5.74, 6) is -0.326. The van der Waals surface area contributed by atoms with Crippen LogP contribution in [0.5, 0.6) is 0 Å². The maximum absolute atomic E-state index is 13.3. The molecule has 3 N–H and O–H groups in total. The van der Waals surface area contributed by atoms with E-state index in [0.717, 1.165) is 17.7 Å². The van der Waals surface area contributed by atoms with E-state index in [1.807, 2.05) is 60.3 Å². The number of hydrogen-bond acceptors (Lipinski definition) is 3. The van der Waals surface area contributed by atoms with Gasteiger partial charge in [0.25, 0.3) is 0 Å². The molecule has 3 amide bonds. The van der Waals surface area contributed by atoms with E-state index in [-0.39, 0.29) is 24.3 Å². The molecule has 6 nitrogen and oxygen atoms in total. The summed E-state index contributed by atoms with van der Waals surface area (Å²) in [6.07, 6.45) is 0.925. The molecule has 3 rings (SSSR count). The smallest absolute Gasteiger partial charge is 0.318 e. The van der Waals surface area contributed by atoms with Crippen molar-refractivity contribution in [3.63, 3.8) is 0 Å². The van der Waals surface area contributed by atoms with Crippen molar-refractivity contribution in [3.8, 4) is 0 Å². The number of primary amides is 1. The average molecular weight is 395 g/mol. The Balaban J connectivity index is 2.03. The second-order valence-electron chi connectivity index (χ2n) is 7.98.